The highest BCUT2D eigenvalue weighted by Gasteiger charge is 2.30. The van der Waals surface area contributed by atoms with Crippen LogP contribution in [0.5, 0.6) is 0 Å². The fourth-order valence-electron chi connectivity index (χ4n) is 13.6. The summed E-state index contributed by atoms with van der Waals surface area (Å²) >= 11 is 0. The number of carbonyl (C=O) groups excluding carboxylic acids is 6. The van der Waals surface area contributed by atoms with Crippen LogP contribution in [0.3, 0.4) is 0 Å². The zero-order valence-electron chi connectivity index (χ0n) is 74.1. The second kappa shape index (κ2) is 82.7. The molecule has 676 valence electrons. The van der Waals surface area contributed by atoms with Crippen molar-refractivity contribution in [2.24, 2.45) is 5.92 Å². The summed E-state index contributed by atoms with van der Waals surface area (Å²) in [6.07, 6.45) is 63.1. The Morgan fingerprint density at radius 1 is 0.322 bits per heavy atom. The van der Waals surface area contributed by atoms with E-state index >= 15 is 0 Å². The average molecular weight is 1680 g/mol. The van der Waals surface area contributed by atoms with Gasteiger partial charge in [-0.15, -0.1) is 0 Å². The molecule has 23 nitrogen and oxygen atoms in total. The zero-order chi connectivity index (χ0) is 84.5. The van der Waals surface area contributed by atoms with E-state index in [4.69, 9.17) is 37.0 Å². The maximum atomic E-state index is 13.7. The number of carbonyl (C=O) groups is 6. The number of ether oxygens (including phenoxy) is 4. The van der Waals surface area contributed by atoms with E-state index in [0.29, 0.717) is 83.6 Å². The molecule has 0 saturated carbocycles. The Hall–Kier alpha value is -3.60. The number of hydrogen-bond acceptors (Lipinski definition) is 17. The molecule has 0 rings (SSSR count). The van der Waals surface area contributed by atoms with Crippen molar-refractivity contribution in [3.05, 3.63) is 24.3 Å². The number of esters is 2. The Labute approximate surface area is 700 Å². The van der Waals surface area contributed by atoms with E-state index in [-0.39, 0.29) is 94.7 Å². The summed E-state index contributed by atoms with van der Waals surface area (Å²) in [5.74, 6) is -3.55. The van der Waals surface area contributed by atoms with Crippen LogP contribution in [0, 0.1) is 5.92 Å². The summed E-state index contributed by atoms with van der Waals surface area (Å²) in [5, 5.41) is 14.2. The van der Waals surface area contributed by atoms with Crippen LogP contribution in [-0.4, -0.2) is 149 Å². The van der Waals surface area contributed by atoms with E-state index in [9.17, 15) is 47.7 Å². The molecule has 0 spiro atoms. The molecule has 0 aromatic heterocycles. The molecule has 6 atom stereocenters. The Morgan fingerprint density at radius 3 is 0.965 bits per heavy atom. The van der Waals surface area contributed by atoms with Crippen molar-refractivity contribution >= 4 is 51.2 Å². The third-order valence-electron chi connectivity index (χ3n) is 20.7. The lowest BCUT2D eigenvalue weighted by atomic mass is 10.00. The number of amides is 4. The first kappa shape index (κ1) is 111. The molecular weight excluding hydrogens is 1500 g/mol. The highest BCUT2D eigenvalue weighted by molar-refractivity contribution is 7.47. The molecule has 25 heteroatoms. The standard InChI is InChI=1S/C90H173N5O18P2/c1-8-14-20-26-30-34-36-40-42-48-54-63-85(96)94-80(76-106-72-67-82(60-52-46-24-18-12-5)112-87(98)65-56-50-44-38-32-28-22-16-10-3)78-110-114(102,103)108-74-70-92-89(100)84(62-58-59-69-91-7)90(101)93-71-75-109-115(104,105)111-79-81(95-86(97)64-55-49-43-41-37-35-31-27-21-15-9-2)77-107-73-68-83(61-53-47-25-19-13-6)113-88(99)66-57-51-45-39-33-29-23-17-11-4/h38-39,44-45,80-84,91H,8-37,40-43,46-79H2,1-7H3,(H,92,100)(H,93,101)(H,94,96)(H,95,97)(H,102,103)(H,104,105)/b44-38-,45-39-. The average Bonchev–Trinajstić information content (AvgIpc) is 0.915. The van der Waals surface area contributed by atoms with E-state index in [1.54, 1.807) is 7.05 Å². The van der Waals surface area contributed by atoms with Crippen LogP contribution in [-0.2, 0) is 74.9 Å². The fraction of sp³-hybridized carbons (Fsp3) is 0.889. The molecule has 6 unspecified atom stereocenters. The Balaban J connectivity index is 5.96. The van der Waals surface area contributed by atoms with Crippen molar-refractivity contribution in [3.63, 3.8) is 0 Å². The quantitative estimate of drug-likeness (QED) is 0.00978. The summed E-state index contributed by atoms with van der Waals surface area (Å²) in [6, 6.07) is -1.67. The first-order valence-corrected chi connectivity index (χ1v) is 49.7. The third kappa shape index (κ3) is 76.3. The minimum Gasteiger partial charge on any atom is -0.462 e. The van der Waals surface area contributed by atoms with Crippen molar-refractivity contribution in [1.82, 2.24) is 26.6 Å². The van der Waals surface area contributed by atoms with Crippen LogP contribution in [0.1, 0.15) is 408 Å². The van der Waals surface area contributed by atoms with E-state index in [0.717, 1.165) is 128 Å². The molecule has 0 aliphatic heterocycles. The summed E-state index contributed by atoms with van der Waals surface area (Å²) in [7, 11) is -7.78. The molecule has 0 aromatic rings. The highest BCUT2D eigenvalue weighted by atomic mass is 31.2. The molecule has 115 heavy (non-hydrogen) atoms. The predicted octanol–water partition coefficient (Wildman–Crippen LogP) is 21.6. The molecule has 7 N–H and O–H groups in total. The highest BCUT2D eigenvalue weighted by Crippen LogP contribution is 2.44. The monoisotopic (exact) mass is 1670 g/mol. The lowest BCUT2D eigenvalue weighted by Crippen LogP contribution is -2.43. The van der Waals surface area contributed by atoms with Gasteiger partial charge in [0.05, 0.1) is 64.9 Å². The van der Waals surface area contributed by atoms with Gasteiger partial charge in [-0.1, -0.05) is 291 Å². The number of allylic oxidation sites excluding steroid dienone is 4. The van der Waals surface area contributed by atoms with Gasteiger partial charge >= 0.3 is 27.6 Å². The second-order valence-corrected chi connectivity index (χ2v) is 34.7. The lowest BCUT2D eigenvalue weighted by Gasteiger charge is -2.22. The summed E-state index contributed by atoms with van der Waals surface area (Å²) in [5.41, 5.74) is 0. The SMILES string of the molecule is CCCCCC/C=C\CCCC(=O)OC(CCCCCCC)CCOCC(COP(=O)(O)OCCNC(=O)C(CCCCNC)C(=O)NCCOP(=O)(O)OCC(COCCC(CCCCCCC)OC(=O)CCC/C=C\CCCCCC)NC(=O)CCCCCCCCCCCCC)NC(=O)CCCCCCCCCCCCC. The molecule has 0 fully saturated rings. The van der Waals surface area contributed by atoms with Crippen molar-refractivity contribution in [3.8, 4) is 0 Å². The number of hydrogen-bond donors (Lipinski definition) is 7. The Kier molecular flexibility index (Phi) is 80.1. The Bertz CT molecular complexity index is 2290. The van der Waals surface area contributed by atoms with Gasteiger partial charge in [-0.25, -0.2) is 9.13 Å². The van der Waals surface area contributed by atoms with Gasteiger partial charge in [0, 0.05) is 51.6 Å². The lowest BCUT2D eigenvalue weighted by molar-refractivity contribution is -0.151. The maximum Gasteiger partial charge on any atom is 0.472 e. The zero-order valence-corrected chi connectivity index (χ0v) is 75.9. The minimum absolute atomic E-state index is 0.0577. The largest absolute Gasteiger partial charge is 0.472 e. The van der Waals surface area contributed by atoms with Crippen molar-refractivity contribution in [2.45, 2.75) is 432 Å². The minimum atomic E-state index is -4.78. The number of rotatable bonds is 89. The van der Waals surface area contributed by atoms with Crippen LogP contribution in [0.2, 0.25) is 0 Å². The van der Waals surface area contributed by atoms with E-state index in [2.05, 4.69) is 92.4 Å². The molecule has 0 saturated heterocycles. The van der Waals surface area contributed by atoms with E-state index in [1.165, 1.54) is 141 Å². The molecule has 4 amide bonds. The van der Waals surface area contributed by atoms with Gasteiger partial charge in [0.2, 0.25) is 23.6 Å². The normalized spacial score (nSPS) is 14.1. The second-order valence-electron chi connectivity index (χ2n) is 31.8. The molecule has 0 aliphatic rings. The smallest absolute Gasteiger partial charge is 0.462 e. The van der Waals surface area contributed by atoms with Crippen LogP contribution < -0.4 is 26.6 Å². The van der Waals surface area contributed by atoms with E-state index in [1.807, 2.05) is 0 Å². The fourth-order valence-corrected chi connectivity index (χ4v) is 15.1. The summed E-state index contributed by atoms with van der Waals surface area (Å²) < 4.78 is 72.5. The van der Waals surface area contributed by atoms with Gasteiger partial charge in [0.25, 0.3) is 0 Å². The summed E-state index contributed by atoms with van der Waals surface area (Å²) in [4.78, 5) is 102. The predicted molar refractivity (Wildman–Crippen MR) is 468 cm³/mol. The van der Waals surface area contributed by atoms with Gasteiger partial charge in [0.1, 0.15) is 18.1 Å². The topological polar surface area (TPSA) is 311 Å². The molecular formula is C90H173N5O18P2. The first-order valence-electron chi connectivity index (χ1n) is 46.8. The van der Waals surface area contributed by atoms with E-state index < -0.39 is 71.9 Å². The molecule has 0 aromatic carbocycles. The van der Waals surface area contributed by atoms with Crippen LogP contribution >= 0.6 is 15.6 Å². The number of nitrogens with one attached hydrogen (secondary N) is 5. The maximum absolute atomic E-state index is 13.7. The van der Waals surface area contributed by atoms with Gasteiger partial charge in [-0.05, 0) is 116 Å². The Morgan fingerprint density at radius 2 is 0.626 bits per heavy atom. The third-order valence-corrected chi connectivity index (χ3v) is 22.7. The van der Waals surface area contributed by atoms with Gasteiger partial charge in [-0.2, -0.15) is 0 Å². The summed E-state index contributed by atoms with van der Waals surface area (Å²) in [6.45, 7) is 11.7. The van der Waals surface area contributed by atoms with Gasteiger partial charge in [0.15, 0.2) is 0 Å². The van der Waals surface area contributed by atoms with Gasteiger partial charge < -0.3 is 55.3 Å². The molecule has 0 bridgehead atoms. The first-order chi connectivity index (χ1) is 55.9. The van der Waals surface area contributed by atoms with Crippen molar-refractivity contribution < 1.29 is 84.7 Å². The number of phosphoric acid groups is 2. The van der Waals surface area contributed by atoms with Crippen LogP contribution in [0.25, 0.3) is 0 Å². The van der Waals surface area contributed by atoms with Gasteiger partial charge in [-0.3, -0.25) is 46.9 Å². The number of phosphoric ester groups is 2. The van der Waals surface area contributed by atoms with Crippen molar-refractivity contribution in [1.29, 1.82) is 0 Å². The number of unbranched alkanes of at least 4 members (excludes halogenated alkanes) is 39. The molecule has 0 heterocycles. The molecule has 0 aliphatic carbocycles. The van der Waals surface area contributed by atoms with Crippen molar-refractivity contribution in [2.75, 3.05) is 79.5 Å². The van der Waals surface area contributed by atoms with Crippen LogP contribution in [0.15, 0.2) is 24.3 Å². The van der Waals surface area contributed by atoms with Crippen LogP contribution in [0.4, 0.5) is 0 Å². The molecule has 0 radical (unpaired) electrons.